The molecule has 1 fully saturated rings. The van der Waals surface area contributed by atoms with Gasteiger partial charge in [0.05, 0.1) is 12.5 Å². The second-order valence-corrected chi connectivity index (χ2v) is 5.59. The van der Waals surface area contributed by atoms with E-state index in [1.54, 1.807) is 0 Å². The highest BCUT2D eigenvalue weighted by Crippen LogP contribution is 2.54. The Morgan fingerprint density at radius 2 is 2.06 bits per heavy atom. The van der Waals surface area contributed by atoms with Crippen molar-refractivity contribution in [2.24, 2.45) is 10.8 Å². The van der Waals surface area contributed by atoms with Gasteiger partial charge in [-0.25, -0.2) is 0 Å². The first-order chi connectivity index (χ1) is 7.95. The Bertz CT molecular complexity index is 396. The third-order valence-corrected chi connectivity index (χ3v) is 4.51. The normalized spacial score (nSPS) is 37.1. The monoisotopic (exact) mass is 236 g/mol. The number of hydrogen-bond donors (Lipinski definition) is 0. The number of fused-ring (bicyclic) bond motifs is 1. The first-order valence-electron chi connectivity index (χ1n) is 6.28. The van der Waals surface area contributed by atoms with Crippen molar-refractivity contribution in [3.63, 3.8) is 0 Å². The van der Waals surface area contributed by atoms with Gasteiger partial charge >= 0.3 is 5.97 Å². The van der Waals surface area contributed by atoms with E-state index in [0.717, 1.165) is 31.3 Å². The number of ether oxygens (including phenoxy) is 1. The van der Waals surface area contributed by atoms with Gasteiger partial charge in [-0.3, -0.25) is 9.59 Å². The molecule has 3 nitrogen and oxygen atoms in total. The van der Waals surface area contributed by atoms with Crippen molar-refractivity contribution in [3.05, 3.63) is 11.6 Å². The number of hydrogen-bond acceptors (Lipinski definition) is 3. The summed E-state index contributed by atoms with van der Waals surface area (Å²) in [6, 6.07) is 0. The second kappa shape index (κ2) is 3.97. The molecule has 3 heteroatoms. The lowest BCUT2D eigenvalue weighted by Gasteiger charge is -2.46. The van der Waals surface area contributed by atoms with Gasteiger partial charge in [-0.1, -0.05) is 12.5 Å². The average molecular weight is 236 g/mol. The molecule has 0 bridgehead atoms. The highest BCUT2D eigenvalue weighted by molar-refractivity contribution is 5.93. The molecule has 0 saturated heterocycles. The van der Waals surface area contributed by atoms with Crippen LogP contribution in [-0.2, 0) is 14.3 Å². The van der Waals surface area contributed by atoms with E-state index in [9.17, 15) is 9.59 Å². The van der Waals surface area contributed by atoms with Gasteiger partial charge in [0, 0.05) is 11.8 Å². The van der Waals surface area contributed by atoms with E-state index in [1.165, 1.54) is 7.11 Å². The van der Waals surface area contributed by atoms with Crippen LogP contribution in [-0.4, -0.2) is 18.9 Å². The van der Waals surface area contributed by atoms with E-state index < -0.39 is 10.8 Å². The summed E-state index contributed by atoms with van der Waals surface area (Å²) in [5.74, 6) is 0.0780. The lowest BCUT2D eigenvalue weighted by Crippen LogP contribution is -2.47. The maximum Gasteiger partial charge on any atom is 0.315 e. The van der Waals surface area contributed by atoms with Crippen LogP contribution in [0.2, 0.25) is 0 Å². The molecule has 0 aliphatic heterocycles. The zero-order chi connectivity index (χ0) is 12.7. The van der Waals surface area contributed by atoms with Gasteiger partial charge in [0.15, 0.2) is 0 Å². The molecule has 2 aliphatic carbocycles. The highest BCUT2D eigenvalue weighted by atomic mass is 16.5. The van der Waals surface area contributed by atoms with Gasteiger partial charge in [0.25, 0.3) is 0 Å². The van der Waals surface area contributed by atoms with Gasteiger partial charge in [-0.15, -0.1) is 0 Å². The SMILES string of the molecule is COC(=O)[C@@]1(C)CCC[C@]2(C)C(=O)CCC=C21. The fraction of sp³-hybridized carbons (Fsp3) is 0.714. The third kappa shape index (κ3) is 1.63. The molecule has 0 aromatic rings. The number of carbonyl (C=O) groups excluding carboxylic acids is 2. The molecule has 2 atom stereocenters. The van der Waals surface area contributed by atoms with Crippen LogP contribution in [0.25, 0.3) is 0 Å². The molecular weight excluding hydrogens is 216 g/mol. The average Bonchev–Trinajstić information content (AvgIpc) is 2.30. The standard InChI is InChI=1S/C14H20O3/c1-13-8-5-9-14(2,12(16)17-3)10(13)6-4-7-11(13)15/h6H,4-5,7-9H2,1-3H3/t13-,14-/m0/s1. The Labute approximate surface area is 102 Å². The molecular formula is C14H20O3. The van der Waals surface area contributed by atoms with Crippen LogP contribution in [0.3, 0.4) is 0 Å². The number of ketones is 1. The predicted molar refractivity (Wildman–Crippen MR) is 64.4 cm³/mol. The summed E-state index contributed by atoms with van der Waals surface area (Å²) >= 11 is 0. The van der Waals surface area contributed by atoms with E-state index in [0.29, 0.717) is 6.42 Å². The summed E-state index contributed by atoms with van der Waals surface area (Å²) in [4.78, 5) is 24.2. The number of methoxy groups -OCH3 is 1. The molecule has 0 unspecified atom stereocenters. The summed E-state index contributed by atoms with van der Waals surface area (Å²) < 4.78 is 4.93. The minimum absolute atomic E-state index is 0.204. The first-order valence-corrected chi connectivity index (χ1v) is 6.28. The molecule has 2 rings (SSSR count). The largest absolute Gasteiger partial charge is 0.468 e. The van der Waals surface area contributed by atoms with Gasteiger partial charge in [0.1, 0.15) is 5.78 Å². The summed E-state index contributed by atoms with van der Waals surface area (Å²) in [7, 11) is 1.42. The molecule has 0 aromatic heterocycles. The Balaban J connectivity index is 2.48. The Morgan fingerprint density at radius 3 is 2.71 bits per heavy atom. The summed E-state index contributed by atoms with van der Waals surface area (Å²) in [6.45, 7) is 3.90. The number of Topliss-reactive ketones (excluding diaryl/α,β-unsaturated/α-hetero) is 1. The van der Waals surface area contributed by atoms with Crippen LogP contribution >= 0.6 is 0 Å². The summed E-state index contributed by atoms with van der Waals surface area (Å²) in [6.07, 6.45) is 6.02. The first kappa shape index (κ1) is 12.3. The fourth-order valence-corrected chi connectivity index (χ4v) is 3.47. The molecule has 0 heterocycles. The van der Waals surface area contributed by atoms with Crippen molar-refractivity contribution in [3.8, 4) is 0 Å². The quantitative estimate of drug-likeness (QED) is 0.519. The molecule has 0 aromatic carbocycles. The van der Waals surface area contributed by atoms with E-state index in [1.807, 2.05) is 13.8 Å². The lowest BCUT2D eigenvalue weighted by atomic mass is 9.56. The number of allylic oxidation sites excluding steroid dienone is 1. The van der Waals surface area contributed by atoms with Crippen LogP contribution in [0, 0.1) is 10.8 Å². The van der Waals surface area contributed by atoms with Gasteiger partial charge in [0.2, 0.25) is 0 Å². The minimum atomic E-state index is -0.599. The van der Waals surface area contributed by atoms with Crippen molar-refractivity contribution in [1.29, 1.82) is 0 Å². The molecule has 0 amide bonds. The molecule has 0 radical (unpaired) electrons. The molecule has 2 aliphatic rings. The van der Waals surface area contributed by atoms with E-state index in [2.05, 4.69) is 6.08 Å². The molecule has 0 spiro atoms. The van der Waals surface area contributed by atoms with Crippen molar-refractivity contribution in [1.82, 2.24) is 0 Å². The van der Waals surface area contributed by atoms with Crippen LogP contribution in [0.4, 0.5) is 0 Å². The van der Waals surface area contributed by atoms with Crippen LogP contribution in [0.5, 0.6) is 0 Å². The smallest absolute Gasteiger partial charge is 0.315 e. The fourth-order valence-electron chi connectivity index (χ4n) is 3.47. The Kier molecular flexibility index (Phi) is 2.88. The van der Waals surface area contributed by atoms with Crippen molar-refractivity contribution in [2.75, 3.05) is 7.11 Å². The molecule has 17 heavy (non-hydrogen) atoms. The van der Waals surface area contributed by atoms with Crippen LogP contribution < -0.4 is 0 Å². The number of esters is 1. The highest BCUT2D eigenvalue weighted by Gasteiger charge is 2.52. The number of rotatable bonds is 1. The van der Waals surface area contributed by atoms with Gasteiger partial charge in [-0.2, -0.15) is 0 Å². The topological polar surface area (TPSA) is 43.4 Å². The van der Waals surface area contributed by atoms with Crippen LogP contribution in [0.1, 0.15) is 46.0 Å². The predicted octanol–water partition coefficient (Wildman–Crippen LogP) is 2.65. The van der Waals surface area contributed by atoms with E-state index >= 15 is 0 Å². The van der Waals surface area contributed by atoms with Crippen LogP contribution in [0.15, 0.2) is 11.6 Å². The molecule has 94 valence electrons. The van der Waals surface area contributed by atoms with Crippen molar-refractivity contribution >= 4 is 11.8 Å². The molecule has 1 saturated carbocycles. The van der Waals surface area contributed by atoms with Gasteiger partial charge < -0.3 is 4.74 Å². The minimum Gasteiger partial charge on any atom is -0.468 e. The maximum atomic E-state index is 12.2. The third-order valence-electron chi connectivity index (χ3n) is 4.51. The van der Waals surface area contributed by atoms with Gasteiger partial charge in [-0.05, 0) is 38.7 Å². The second-order valence-electron chi connectivity index (χ2n) is 5.59. The Morgan fingerprint density at radius 1 is 1.35 bits per heavy atom. The lowest BCUT2D eigenvalue weighted by molar-refractivity contribution is -0.152. The number of carbonyl (C=O) groups is 2. The zero-order valence-electron chi connectivity index (χ0n) is 10.8. The van der Waals surface area contributed by atoms with E-state index in [-0.39, 0.29) is 11.8 Å². The maximum absolute atomic E-state index is 12.2. The zero-order valence-corrected chi connectivity index (χ0v) is 10.8. The molecule has 0 N–H and O–H groups in total. The summed E-state index contributed by atoms with van der Waals surface area (Å²) in [5, 5.41) is 0. The van der Waals surface area contributed by atoms with E-state index in [4.69, 9.17) is 4.74 Å². The summed E-state index contributed by atoms with van der Waals surface area (Å²) in [5.41, 5.74) is -0.0311. The van der Waals surface area contributed by atoms with Crippen molar-refractivity contribution < 1.29 is 14.3 Å². The van der Waals surface area contributed by atoms with Crippen molar-refractivity contribution in [2.45, 2.75) is 46.0 Å². The Hall–Kier alpha value is -1.12.